The predicted octanol–water partition coefficient (Wildman–Crippen LogP) is 4.51. The summed E-state index contributed by atoms with van der Waals surface area (Å²) in [5.74, 6) is 0.0644. The van der Waals surface area contributed by atoms with Gasteiger partial charge in [-0.05, 0) is 30.7 Å². The van der Waals surface area contributed by atoms with Crippen molar-refractivity contribution in [2.45, 2.75) is 12.1 Å². The fourth-order valence-electron chi connectivity index (χ4n) is 3.08. The van der Waals surface area contributed by atoms with Crippen LogP contribution in [0.1, 0.15) is 16.6 Å². The zero-order chi connectivity index (χ0) is 23.2. The molecule has 0 spiro atoms. The molecule has 33 heavy (non-hydrogen) atoms. The van der Waals surface area contributed by atoms with Gasteiger partial charge in [0.05, 0.1) is 18.0 Å². The summed E-state index contributed by atoms with van der Waals surface area (Å²) in [6.45, 7) is 2.01. The topological polar surface area (TPSA) is 99.0 Å². The third-order valence-corrected chi connectivity index (χ3v) is 6.80. The number of hydrogen-bond donors (Lipinski definition) is 1. The van der Waals surface area contributed by atoms with Crippen LogP contribution in [0.15, 0.2) is 66.1 Å². The van der Waals surface area contributed by atoms with E-state index in [1.807, 2.05) is 54.1 Å². The molecular weight excluding hydrogens is 458 g/mol. The third-order valence-electron chi connectivity index (χ3n) is 4.61. The van der Waals surface area contributed by atoms with E-state index in [2.05, 4.69) is 20.5 Å². The summed E-state index contributed by atoms with van der Waals surface area (Å²) < 4.78 is 6.99. The fraction of sp³-hybridized carbons (Fsp3) is 0.174. The van der Waals surface area contributed by atoms with Crippen molar-refractivity contribution in [2.75, 3.05) is 17.7 Å². The normalized spacial score (nSPS) is 10.7. The lowest BCUT2D eigenvalue weighted by Gasteiger charge is -2.06. The van der Waals surface area contributed by atoms with Crippen molar-refractivity contribution < 1.29 is 14.3 Å². The highest BCUT2D eigenvalue weighted by Gasteiger charge is 2.20. The number of rotatable bonds is 8. The second-order valence-electron chi connectivity index (χ2n) is 6.88. The Balaban J connectivity index is 1.48. The van der Waals surface area contributed by atoms with E-state index >= 15 is 0 Å². The van der Waals surface area contributed by atoms with Crippen molar-refractivity contribution in [1.82, 2.24) is 19.7 Å². The van der Waals surface area contributed by atoms with Crippen LogP contribution in [0.5, 0.6) is 0 Å². The number of hydrogen-bond acceptors (Lipinski definition) is 8. The molecule has 0 aliphatic heterocycles. The molecule has 1 aromatic carbocycles. The second-order valence-corrected chi connectivity index (χ2v) is 8.88. The largest absolute Gasteiger partial charge is 0.462 e. The van der Waals surface area contributed by atoms with E-state index in [1.165, 1.54) is 23.1 Å². The molecule has 0 bridgehead atoms. The highest BCUT2D eigenvalue weighted by Crippen LogP contribution is 2.35. The van der Waals surface area contributed by atoms with Crippen molar-refractivity contribution in [3.05, 3.63) is 65.8 Å². The highest BCUT2D eigenvalue weighted by molar-refractivity contribution is 7.99. The van der Waals surface area contributed by atoms with Crippen LogP contribution in [-0.4, -0.2) is 44.0 Å². The van der Waals surface area contributed by atoms with Gasteiger partial charge < -0.3 is 14.6 Å². The number of carbonyl (C=O) groups is 2. The number of thioether (sulfide) groups is 1. The molecule has 0 atom stereocenters. The SMILES string of the molecule is CCOC(=O)c1sc(-c2ccccc2)cc1NC(=O)CSc1nnc(-c2cccnc2)n1C. The Kier molecular flexibility index (Phi) is 7.16. The maximum Gasteiger partial charge on any atom is 0.350 e. The van der Waals surface area contributed by atoms with Crippen molar-refractivity contribution in [3.8, 4) is 21.8 Å². The first-order chi connectivity index (χ1) is 16.1. The monoisotopic (exact) mass is 479 g/mol. The van der Waals surface area contributed by atoms with Crippen LogP contribution in [0.4, 0.5) is 5.69 Å². The van der Waals surface area contributed by atoms with Crippen LogP contribution in [0, 0.1) is 0 Å². The smallest absolute Gasteiger partial charge is 0.350 e. The molecule has 8 nitrogen and oxygen atoms in total. The summed E-state index contributed by atoms with van der Waals surface area (Å²) in [4.78, 5) is 30.5. The van der Waals surface area contributed by atoms with Crippen molar-refractivity contribution in [3.63, 3.8) is 0 Å². The van der Waals surface area contributed by atoms with Gasteiger partial charge in [-0.1, -0.05) is 42.1 Å². The lowest BCUT2D eigenvalue weighted by atomic mass is 10.2. The van der Waals surface area contributed by atoms with E-state index in [9.17, 15) is 9.59 Å². The molecule has 3 aromatic heterocycles. The molecule has 1 amide bonds. The number of benzene rings is 1. The van der Waals surface area contributed by atoms with Gasteiger partial charge in [-0.2, -0.15) is 0 Å². The number of nitrogens with zero attached hydrogens (tertiary/aromatic N) is 4. The Hall–Kier alpha value is -3.50. The Morgan fingerprint density at radius 2 is 1.91 bits per heavy atom. The van der Waals surface area contributed by atoms with E-state index in [0.717, 1.165) is 16.0 Å². The fourth-order valence-corrected chi connectivity index (χ4v) is 4.80. The Bertz CT molecular complexity index is 1260. The third kappa shape index (κ3) is 5.29. The molecule has 0 fully saturated rings. The van der Waals surface area contributed by atoms with E-state index < -0.39 is 5.97 Å². The van der Waals surface area contributed by atoms with Crippen LogP contribution < -0.4 is 5.32 Å². The van der Waals surface area contributed by atoms with Gasteiger partial charge in [0.25, 0.3) is 0 Å². The first kappa shape index (κ1) is 22.7. The Labute approximate surface area is 199 Å². The van der Waals surface area contributed by atoms with E-state index in [4.69, 9.17) is 4.74 Å². The van der Waals surface area contributed by atoms with Crippen LogP contribution in [-0.2, 0) is 16.6 Å². The van der Waals surface area contributed by atoms with Gasteiger partial charge in [0.1, 0.15) is 4.88 Å². The molecule has 0 aliphatic carbocycles. The highest BCUT2D eigenvalue weighted by atomic mass is 32.2. The van der Waals surface area contributed by atoms with Gasteiger partial charge in [-0.25, -0.2) is 4.79 Å². The first-order valence-corrected chi connectivity index (χ1v) is 12.0. The number of esters is 1. The number of carbonyl (C=O) groups excluding carboxylic acids is 2. The lowest BCUT2D eigenvalue weighted by Crippen LogP contribution is -2.16. The molecule has 3 heterocycles. The number of amides is 1. The summed E-state index contributed by atoms with van der Waals surface area (Å²) in [6.07, 6.45) is 3.40. The predicted molar refractivity (Wildman–Crippen MR) is 129 cm³/mol. The van der Waals surface area contributed by atoms with Crippen LogP contribution in [0.25, 0.3) is 21.8 Å². The molecule has 0 saturated heterocycles. The van der Waals surface area contributed by atoms with Crippen molar-refractivity contribution in [1.29, 1.82) is 0 Å². The van der Waals surface area contributed by atoms with Crippen molar-refractivity contribution >= 4 is 40.7 Å². The molecule has 0 aliphatic rings. The number of anilines is 1. The Morgan fingerprint density at radius 1 is 1.12 bits per heavy atom. The minimum Gasteiger partial charge on any atom is -0.462 e. The zero-order valence-corrected chi connectivity index (χ0v) is 19.7. The van der Waals surface area contributed by atoms with Crippen LogP contribution >= 0.6 is 23.1 Å². The van der Waals surface area contributed by atoms with Crippen molar-refractivity contribution in [2.24, 2.45) is 7.05 Å². The van der Waals surface area contributed by atoms with Gasteiger partial charge in [0, 0.05) is 29.9 Å². The average Bonchev–Trinajstić information content (AvgIpc) is 3.42. The zero-order valence-electron chi connectivity index (χ0n) is 18.0. The molecule has 0 saturated carbocycles. The summed E-state index contributed by atoms with van der Waals surface area (Å²) in [5.41, 5.74) is 2.25. The minimum absolute atomic E-state index is 0.109. The molecule has 168 valence electrons. The summed E-state index contributed by atoms with van der Waals surface area (Å²) in [7, 11) is 1.84. The molecule has 0 radical (unpaired) electrons. The molecule has 0 unspecified atom stereocenters. The standard InChI is InChI=1S/C23H21N5O3S2/c1-3-31-22(30)20-17(12-18(33-20)15-8-5-4-6-9-15)25-19(29)14-32-23-27-26-21(28(23)2)16-10-7-11-24-13-16/h4-13H,3,14H2,1-2H3,(H,25,29). The Morgan fingerprint density at radius 3 is 2.64 bits per heavy atom. The molecule has 1 N–H and O–H groups in total. The summed E-state index contributed by atoms with van der Waals surface area (Å²) in [5, 5.41) is 11.8. The number of pyridine rings is 1. The molecule has 4 rings (SSSR count). The molecular formula is C23H21N5O3S2. The number of ether oxygens (including phenoxy) is 1. The van der Waals surface area contributed by atoms with E-state index in [0.29, 0.717) is 21.5 Å². The van der Waals surface area contributed by atoms with Crippen LogP contribution in [0.2, 0.25) is 0 Å². The maximum atomic E-state index is 12.7. The summed E-state index contributed by atoms with van der Waals surface area (Å²) >= 11 is 2.55. The molecule has 10 heteroatoms. The summed E-state index contributed by atoms with van der Waals surface area (Å²) in [6, 6.07) is 15.2. The second kappa shape index (κ2) is 10.4. The van der Waals surface area contributed by atoms with Gasteiger partial charge in [-0.15, -0.1) is 21.5 Å². The van der Waals surface area contributed by atoms with E-state index in [1.54, 1.807) is 25.4 Å². The lowest BCUT2D eigenvalue weighted by molar-refractivity contribution is -0.113. The minimum atomic E-state index is -0.456. The number of nitrogens with one attached hydrogen (secondary N) is 1. The average molecular weight is 480 g/mol. The van der Waals surface area contributed by atoms with Gasteiger partial charge in [0.2, 0.25) is 5.91 Å². The number of thiophene rings is 1. The van der Waals surface area contributed by atoms with Crippen LogP contribution in [0.3, 0.4) is 0 Å². The molecule has 4 aromatic rings. The van der Waals surface area contributed by atoms with E-state index in [-0.39, 0.29) is 18.3 Å². The number of aromatic nitrogens is 4. The van der Waals surface area contributed by atoms with Gasteiger partial charge in [0.15, 0.2) is 11.0 Å². The maximum absolute atomic E-state index is 12.7. The first-order valence-electron chi connectivity index (χ1n) is 10.2. The quantitative estimate of drug-likeness (QED) is 0.293. The van der Waals surface area contributed by atoms with Gasteiger partial charge >= 0.3 is 5.97 Å². The van der Waals surface area contributed by atoms with Gasteiger partial charge in [-0.3, -0.25) is 9.78 Å².